The Bertz CT molecular complexity index is 1100. The molecule has 1 N–H and O–H groups in total. The molecule has 1 aliphatic rings. The third kappa shape index (κ3) is 4.56. The summed E-state index contributed by atoms with van der Waals surface area (Å²) in [6.45, 7) is 0. The van der Waals surface area contributed by atoms with Crippen molar-refractivity contribution in [3.05, 3.63) is 48.5 Å². The highest BCUT2D eigenvalue weighted by molar-refractivity contribution is 7.94. The van der Waals surface area contributed by atoms with E-state index in [1.165, 1.54) is 18.2 Å². The summed E-state index contributed by atoms with van der Waals surface area (Å²) in [5, 5.41) is 0. The molecule has 0 saturated heterocycles. The summed E-state index contributed by atoms with van der Waals surface area (Å²) in [4.78, 5) is 4.89. The molecule has 0 radical (unpaired) electrons. The first-order valence-corrected chi connectivity index (χ1v) is 10.9. The minimum Gasteiger partial charge on any atom is -0.440 e. The quantitative estimate of drug-likeness (QED) is 0.553. The third-order valence-electron chi connectivity index (χ3n) is 4.41. The lowest BCUT2D eigenvalue weighted by atomic mass is 9.85. The number of aromatic nitrogens is 1. The van der Waals surface area contributed by atoms with Gasteiger partial charge in [0, 0.05) is 11.6 Å². The summed E-state index contributed by atoms with van der Waals surface area (Å²) in [7, 11) is -3.91. The van der Waals surface area contributed by atoms with Crippen LogP contribution in [-0.4, -0.2) is 19.8 Å². The summed E-state index contributed by atoms with van der Waals surface area (Å²) in [6.07, 6.45) is 0.0104. The van der Waals surface area contributed by atoms with Crippen molar-refractivity contribution >= 4 is 27.0 Å². The molecule has 29 heavy (non-hydrogen) atoms. The Labute approximate surface area is 168 Å². The van der Waals surface area contributed by atoms with E-state index in [-0.39, 0.29) is 9.90 Å². The number of halogens is 3. The summed E-state index contributed by atoms with van der Waals surface area (Å²) in [6, 6.07) is 7.51. The smallest absolute Gasteiger partial charge is 0.440 e. The Morgan fingerprint density at radius 2 is 1.86 bits per heavy atom. The van der Waals surface area contributed by atoms with Crippen molar-refractivity contribution < 1.29 is 30.7 Å². The van der Waals surface area contributed by atoms with Crippen LogP contribution < -0.4 is 9.46 Å². The number of nitrogens with zero attached hydrogens (tertiary/aromatic N) is 1. The maximum atomic E-state index is 12.6. The molecule has 2 aromatic heterocycles. The Kier molecular flexibility index (Phi) is 5.03. The van der Waals surface area contributed by atoms with Crippen molar-refractivity contribution in [2.75, 3.05) is 4.72 Å². The zero-order valence-electron chi connectivity index (χ0n) is 14.8. The number of oxazole rings is 1. The van der Waals surface area contributed by atoms with Gasteiger partial charge in [0.2, 0.25) is 0 Å². The maximum absolute atomic E-state index is 12.6. The van der Waals surface area contributed by atoms with Gasteiger partial charge in [-0.05, 0) is 49.2 Å². The van der Waals surface area contributed by atoms with E-state index < -0.39 is 22.1 Å². The lowest BCUT2D eigenvalue weighted by Gasteiger charge is -2.21. The fourth-order valence-corrected chi connectivity index (χ4v) is 5.08. The van der Waals surface area contributed by atoms with Crippen LogP contribution in [0.25, 0.3) is 10.6 Å². The molecule has 1 aromatic carbocycles. The predicted molar refractivity (Wildman–Crippen MR) is 100 cm³/mol. The monoisotopic (exact) mass is 444 g/mol. The van der Waals surface area contributed by atoms with Crippen molar-refractivity contribution in [1.29, 1.82) is 0 Å². The van der Waals surface area contributed by atoms with Gasteiger partial charge >= 0.3 is 6.36 Å². The average molecular weight is 444 g/mol. The molecule has 0 spiro atoms. The number of benzene rings is 1. The van der Waals surface area contributed by atoms with Crippen LogP contribution in [0.1, 0.15) is 31.1 Å². The summed E-state index contributed by atoms with van der Waals surface area (Å²) in [5.74, 6) is 1.07. The molecule has 0 aliphatic heterocycles. The van der Waals surface area contributed by atoms with Crippen molar-refractivity contribution in [3.8, 4) is 16.4 Å². The Morgan fingerprint density at radius 3 is 2.48 bits per heavy atom. The number of hydrogen-bond donors (Lipinski definition) is 1. The highest BCUT2D eigenvalue weighted by atomic mass is 32.2. The Morgan fingerprint density at radius 1 is 1.14 bits per heavy atom. The number of anilines is 1. The van der Waals surface area contributed by atoms with Crippen molar-refractivity contribution in [1.82, 2.24) is 4.98 Å². The van der Waals surface area contributed by atoms with Crippen LogP contribution in [0.3, 0.4) is 0 Å². The molecule has 1 aliphatic carbocycles. The first-order chi connectivity index (χ1) is 13.7. The van der Waals surface area contributed by atoms with E-state index >= 15 is 0 Å². The van der Waals surface area contributed by atoms with Crippen molar-refractivity contribution in [2.45, 2.75) is 35.8 Å². The average Bonchev–Trinajstić information content (AvgIpc) is 3.23. The molecular formula is C18H15F3N2O4S2. The van der Waals surface area contributed by atoms with Crippen LogP contribution >= 0.6 is 11.3 Å². The molecule has 1 saturated carbocycles. The Balaban J connectivity index is 1.47. The fourth-order valence-electron chi connectivity index (χ4n) is 2.77. The van der Waals surface area contributed by atoms with E-state index in [4.69, 9.17) is 4.42 Å². The van der Waals surface area contributed by atoms with Gasteiger partial charge in [0.25, 0.3) is 10.0 Å². The van der Waals surface area contributed by atoms with Crippen LogP contribution in [0.2, 0.25) is 0 Å². The lowest BCUT2D eigenvalue weighted by molar-refractivity contribution is -0.274. The Hall–Kier alpha value is -2.53. The standard InChI is InChI=1S/C18H15F3N2O4S2/c19-18(20,21)27-13-6-4-12(5-7-13)23-29(24,25)16-9-8-15(28-16)14-10-22-17(26-14)11-2-1-3-11/h4-11,23H,1-3H2. The number of hydrogen-bond acceptors (Lipinski definition) is 6. The fraction of sp³-hybridized carbons (Fsp3) is 0.278. The summed E-state index contributed by atoms with van der Waals surface area (Å²) < 4.78 is 73.6. The second-order valence-electron chi connectivity index (χ2n) is 6.49. The molecule has 2 heterocycles. The lowest BCUT2D eigenvalue weighted by Crippen LogP contribution is -2.17. The van der Waals surface area contributed by atoms with Gasteiger partial charge in [0.1, 0.15) is 9.96 Å². The molecule has 6 nitrogen and oxygen atoms in total. The normalized spacial score (nSPS) is 15.1. The number of thiophene rings is 1. The zero-order valence-corrected chi connectivity index (χ0v) is 16.4. The second kappa shape index (κ2) is 7.38. The van der Waals surface area contributed by atoms with Gasteiger partial charge in [-0.2, -0.15) is 0 Å². The van der Waals surface area contributed by atoms with Crippen LogP contribution in [0, 0.1) is 0 Å². The van der Waals surface area contributed by atoms with Crippen molar-refractivity contribution in [2.24, 2.45) is 0 Å². The molecule has 154 valence electrons. The van der Waals surface area contributed by atoms with Gasteiger partial charge < -0.3 is 9.15 Å². The third-order valence-corrected chi connectivity index (χ3v) is 7.38. The largest absolute Gasteiger partial charge is 0.573 e. The SMILES string of the molecule is O=S(=O)(Nc1ccc(OC(F)(F)F)cc1)c1ccc(-c2cnc(C3CCC3)o2)s1. The van der Waals surface area contributed by atoms with Crippen LogP contribution in [0.4, 0.5) is 18.9 Å². The van der Waals surface area contributed by atoms with Crippen LogP contribution in [-0.2, 0) is 10.0 Å². The van der Waals surface area contributed by atoms with Crippen molar-refractivity contribution in [3.63, 3.8) is 0 Å². The first kappa shape index (κ1) is 19.8. The highest BCUT2D eigenvalue weighted by Crippen LogP contribution is 2.39. The minimum atomic E-state index is -4.81. The maximum Gasteiger partial charge on any atom is 0.573 e. The van der Waals surface area contributed by atoms with E-state index in [2.05, 4.69) is 14.4 Å². The molecule has 0 atom stereocenters. The molecule has 3 aromatic rings. The van der Waals surface area contributed by atoms with Gasteiger partial charge in [-0.25, -0.2) is 13.4 Å². The van der Waals surface area contributed by atoms with Gasteiger partial charge in [0.05, 0.1) is 11.1 Å². The summed E-state index contributed by atoms with van der Waals surface area (Å²) in [5.41, 5.74) is 0.112. The van der Waals surface area contributed by atoms with E-state index in [0.717, 1.165) is 42.7 Å². The van der Waals surface area contributed by atoms with Gasteiger partial charge in [-0.3, -0.25) is 4.72 Å². The second-order valence-corrected chi connectivity index (χ2v) is 9.48. The predicted octanol–water partition coefficient (Wildman–Crippen LogP) is 5.37. The molecule has 4 rings (SSSR count). The van der Waals surface area contributed by atoms with Gasteiger partial charge in [-0.1, -0.05) is 6.42 Å². The van der Waals surface area contributed by atoms with E-state index in [0.29, 0.717) is 22.4 Å². The van der Waals surface area contributed by atoms with Crippen LogP contribution in [0.5, 0.6) is 5.75 Å². The number of alkyl halides is 3. The van der Waals surface area contributed by atoms with Gasteiger partial charge in [0.15, 0.2) is 11.7 Å². The first-order valence-electron chi connectivity index (χ1n) is 8.64. The number of rotatable bonds is 6. The molecular weight excluding hydrogens is 429 g/mol. The molecule has 0 bridgehead atoms. The van der Waals surface area contributed by atoms with E-state index in [1.807, 2.05) is 0 Å². The number of sulfonamides is 1. The molecule has 0 amide bonds. The number of ether oxygens (including phenoxy) is 1. The molecule has 11 heteroatoms. The zero-order chi connectivity index (χ0) is 20.6. The van der Waals surface area contributed by atoms with Crippen LogP contribution in [0.15, 0.2) is 51.2 Å². The topological polar surface area (TPSA) is 81.4 Å². The minimum absolute atomic E-state index is 0.0460. The molecule has 1 fully saturated rings. The number of nitrogens with one attached hydrogen (secondary N) is 1. The van der Waals surface area contributed by atoms with E-state index in [9.17, 15) is 21.6 Å². The van der Waals surface area contributed by atoms with E-state index in [1.54, 1.807) is 12.3 Å². The van der Waals surface area contributed by atoms with Gasteiger partial charge in [-0.15, -0.1) is 24.5 Å². The summed E-state index contributed by atoms with van der Waals surface area (Å²) >= 11 is 1.02. The highest BCUT2D eigenvalue weighted by Gasteiger charge is 2.31. The molecule has 0 unspecified atom stereocenters.